The van der Waals surface area contributed by atoms with E-state index in [1.54, 1.807) is 7.05 Å². The lowest BCUT2D eigenvalue weighted by Gasteiger charge is -2.08. The first-order valence-electron chi connectivity index (χ1n) is 5.27. The number of nitrogens with one attached hydrogen (secondary N) is 1. The summed E-state index contributed by atoms with van der Waals surface area (Å²) in [5.41, 5.74) is 6.10. The lowest BCUT2D eigenvalue weighted by Crippen LogP contribution is -2.19. The second-order valence-electron chi connectivity index (χ2n) is 3.74. The van der Waals surface area contributed by atoms with Crippen LogP contribution in [0.4, 0.5) is 5.82 Å². The summed E-state index contributed by atoms with van der Waals surface area (Å²) in [4.78, 5) is 15.9. The lowest BCUT2D eigenvalue weighted by molar-refractivity contribution is 0.102. The normalized spacial score (nSPS) is 10.2. The van der Waals surface area contributed by atoms with Crippen molar-refractivity contribution >= 4 is 28.9 Å². The van der Waals surface area contributed by atoms with Crippen molar-refractivity contribution in [3.05, 3.63) is 35.8 Å². The van der Waals surface area contributed by atoms with Gasteiger partial charge in [0.25, 0.3) is 5.91 Å². The Bertz CT molecular complexity index is 652. The second kappa shape index (κ2) is 5.02. The molecular weight excluding hydrogens is 266 g/mol. The van der Waals surface area contributed by atoms with E-state index in [2.05, 4.69) is 15.4 Å². The zero-order chi connectivity index (χ0) is 14.0. The van der Waals surface area contributed by atoms with Crippen LogP contribution in [0.15, 0.2) is 24.7 Å². The predicted octanol–water partition coefficient (Wildman–Crippen LogP) is 0.407. The zero-order valence-electron chi connectivity index (χ0n) is 9.99. The van der Waals surface area contributed by atoms with Gasteiger partial charge in [0.05, 0.1) is 23.5 Å². The Morgan fingerprint density at radius 3 is 2.84 bits per heavy atom. The van der Waals surface area contributed by atoms with Gasteiger partial charge in [-0.15, -0.1) is 0 Å². The van der Waals surface area contributed by atoms with Gasteiger partial charge in [0.2, 0.25) is 0 Å². The van der Waals surface area contributed by atoms with E-state index in [0.29, 0.717) is 11.4 Å². The molecule has 2 aromatic heterocycles. The maximum absolute atomic E-state index is 12.0. The molecular formula is C11H11N5O2S. The minimum atomic E-state index is -0.499. The number of carbonyl (C=O) groups is 1. The van der Waals surface area contributed by atoms with Gasteiger partial charge in [0.1, 0.15) is 16.6 Å². The Labute approximate surface area is 114 Å². The summed E-state index contributed by atoms with van der Waals surface area (Å²) in [6, 6.07) is 1.40. The third-order valence-corrected chi connectivity index (χ3v) is 2.70. The van der Waals surface area contributed by atoms with Crippen LogP contribution in [0.25, 0.3) is 0 Å². The topological polar surface area (TPSA) is 106 Å². The molecule has 0 spiro atoms. The van der Waals surface area contributed by atoms with Gasteiger partial charge in [-0.1, -0.05) is 12.2 Å². The Morgan fingerprint density at radius 2 is 2.21 bits per heavy atom. The van der Waals surface area contributed by atoms with Crippen molar-refractivity contribution in [3.63, 3.8) is 0 Å². The maximum atomic E-state index is 12.0. The predicted molar refractivity (Wildman–Crippen MR) is 73.0 cm³/mol. The zero-order valence-corrected chi connectivity index (χ0v) is 10.8. The fraction of sp³-hybridized carbons (Fsp3) is 0.0909. The van der Waals surface area contributed by atoms with Crippen molar-refractivity contribution in [2.75, 3.05) is 5.32 Å². The number of aromatic hydroxyl groups is 1. The van der Waals surface area contributed by atoms with Gasteiger partial charge in [-0.2, -0.15) is 5.10 Å². The summed E-state index contributed by atoms with van der Waals surface area (Å²) in [6.45, 7) is 0. The van der Waals surface area contributed by atoms with Crippen LogP contribution in [0.1, 0.15) is 15.9 Å². The minimum Gasteiger partial charge on any atom is -0.505 e. The lowest BCUT2D eigenvalue weighted by atomic mass is 10.2. The smallest absolute Gasteiger partial charge is 0.260 e. The molecule has 7 nitrogen and oxygen atoms in total. The van der Waals surface area contributed by atoms with Crippen LogP contribution >= 0.6 is 12.2 Å². The van der Waals surface area contributed by atoms with Crippen LogP contribution in [-0.4, -0.2) is 30.8 Å². The molecule has 2 aromatic rings. The average molecular weight is 277 g/mol. The standard InChI is InChI=1S/C11H11N5O2S/c1-16-10(7(4-14-16)9(12)19)15-11(18)6-2-3-13-5-8(6)17/h2-5,17H,1H3,(H2,12,19)(H,15,18). The number of anilines is 1. The minimum absolute atomic E-state index is 0.102. The summed E-state index contributed by atoms with van der Waals surface area (Å²) in [7, 11) is 1.64. The first-order chi connectivity index (χ1) is 9.00. The molecule has 4 N–H and O–H groups in total. The van der Waals surface area contributed by atoms with Crippen LogP contribution in [0, 0.1) is 0 Å². The number of amides is 1. The molecule has 0 aliphatic rings. The van der Waals surface area contributed by atoms with E-state index >= 15 is 0 Å². The summed E-state index contributed by atoms with van der Waals surface area (Å²) >= 11 is 4.87. The van der Waals surface area contributed by atoms with Crippen LogP contribution in [0.3, 0.4) is 0 Å². The number of hydrogen-bond acceptors (Lipinski definition) is 5. The van der Waals surface area contributed by atoms with Crippen molar-refractivity contribution in [2.24, 2.45) is 12.8 Å². The Kier molecular flexibility index (Phi) is 3.43. The van der Waals surface area contributed by atoms with E-state index in [9.17, 15) is 9.90 Å². The largest absolute Gasteiger partial charge is 0.505 e. The second-order valence-corrected chi connectivity index (χ2v) is 4.18. The molecule has 0 aliphatic carbocycles. The van der Waals surface area contributed by atoms with Crippen molar-refractivity contribution in [1.29, 1.82) is 0 Å². The molecule has 0 bridgehead atoms. The molecule has 1 amide bonds. The summed E-state index contributed by atoms with van der Waals surface area (Å²) in [6.07, 6.45) is 4.06. The third-order valence-electron chi connectivity index (χ3n) is 2.48. The highest BCUT2D eigenvalue weighted by Gasteiger charge is 2.16. The number of hydrogen-bond donors (Lipinski definition) is 3. The fourth-order valence-corrected chi connectivity index (χ4v) is 1.67. The van der Waals surface area contributed by atoms with Gasteiger partial charge in [-0.05, 0) is 6.07 Å². The third kappa shape index (κ3) is 2.52. The van der Waals surface area contributed by atoms with Gasteiger partial charge in [0.15, 0.2) is 0 Å². The fourth-order valence-electron chi connectivity index (χ4n) is 1.52. The number of nitrogens with zero attached hydrogens (tertiary/aromatic N) is 3. The maximum Gasteiger partial charge on any atom is 0.260 e. The van der Waals surface area contributed by atoms with Crippen LogP contribution in [-0.2, 0) is 7.05 Å². The van der Waals surface area contributed by atoms with E-state index < -0.39 is 5.91 Å². The van der Waals surface area contributed by atoms with Crippen molar-refractivity contribution < 1.29 is 9.90 Å². The van der Waals surface area contributed by atoms with Crippen LogP contribution in [0.2, 0.25) is 0 Å². The first-order valence-corrected chi connectivity index (χ1v) is 5.67. The quantitative estimate of drug-likeness (QED) is 0.701. The van der Waals surface area contributed by atoms with E-state index in [4.69, 9.17) is 18.0 Å². The van der Waals surface area contributed by atoms with Gasteiger partial charge in [-0.25, -0.2) is 0 Å². The number of pyridine rings is 1. The molecule has 0 unspecified atom stereocenters. The van der Waals surface area contributed by atoms with Crippen molar-refractivity contribution in [2.45, 2.75) is 0 Å². The van der Waals surface area contributed by atoms with E-state index in [-0.39, 0.29) is 16.3 Å². The summed E-state index contributed by atoms with van der Waals surface area (Å²) < 4.78 is 1.44. The Hall–Kier alpha value is -2.48. The molecule has 8 heteroatoms. The highest BCUT2D eigenvalue weighted by Crippen LogP contribution is 2.18. The van der Waals surface area contributed by atoms with E-state index in [1.165, 1.54) is 29.3 Å². The Balaban J connectivity index is 2.32. The molecule has 2 rings (SSSR count). The number of aryl methyl sites for hydroxylation is 1. The molecule has 0 saturated heterocycles. The molecule has 0 atom stereocenters. The molecule has 0 aliphatic heterocycles. The van der Waals surface area contributed by atoms with Crippen LogP contribution in [0.5, 0.6) is 5.75 Å². The number of nitrogens with two attached hydrogens (primary N) is 1. The van der Waals surface area contributed by atoms with Gasteiger partial charge < -0.3 is 16.2 Å². The highest BCUT2D eigenvalue weighted by molar-refractivity contribution is 7.80. The number of carbonyl (C=O) groups excluding carboxylic acids is 1. The van der Waals surface area contributed by atoms with E-state index in [0.717, 1.165) is 0 Å². The summed E-state index contributed by atoms with van der Waals surface area (Å²) in [5, 5.41) is 16.1. The molecule has 0 fully saturated rings. The van der Waals surface area contributed by atoms with Gasteiger partial charge in [0, 0.05) is 13.2 Å². The number of aromatic nitrogens is 3. The number of rotatable bonds is 3. The number of thiocarbonyl (C=S) groups is 1. The molecule has 98 valence electrons. The SMILES string of the molecule is Cn1ncc(C(N)=S)c1NC(=O)c1ccncc1O. The molecule has 0 radical (unpaired) electrons. The molecule has 2 heterocycles. The van der Waals surface area contributed by atoms with Gasteiger partial charge in [-0.3, -0.25) is 14.5 Å². The average Bonchev–Trinajstić information content (AvgIpc) is 2.71. The first kappa shape index (κ1) is 13.0. The Morgan fingerprint density at radius 1 is 1.47 bits per heavy atom. The molecule has 0 aromatic carbocycles. The van der Waals surface area contributed by atoms with Gasteiger partial charge >= 0.3 is 0 Å². The molecule has 19 heavy (non-hydrogen) atoms. The summed E-state index contributed by atoms with van der Waals surface area (Å²) in [5.74, 6) is -0.339. The van der Waals surface area contributed by atoms with E-state index in [1.807, 2.05) is 0 Å². The van der Waals surface area contributed by atoms with Crippen LogP contribution < -0.4 is 11.1 Å². The van der Waals surface area contributed by atoms with Crippen molar-refractivity contribution in [1.82, 2.24) is 14.8 Å². The highest BCUT2D eigenvalue weighted by atomic mass is 32.1. The monoisotopic (exact) mass is 277 g/mol. The molecule has 0 saturated carbocycles. The van der Waals surface area contributed by atoms with Crippen molar-refractivity contribution in [3.8, 4) is 5.75 Å².